The molecule has 4 N–H and O–H groups in total. The van der Waals surface area contributed by atoms with E-state index in [9.17, 15) is 13.2 Å². The quantitative estimate of drug-likeness (QED) is 0.510. The number of hydrogen-bond acceptors (Lipinski definition) is 7. The summed E-state index contributed by atoms with van der Waals surface area (Å²) in [7, 11) is 0. The van der Waals surface area contributed by atoms with Crippen molar-refractivity contribution in [1.29, 1.82) is 0 Å². The van der Waals surface area contributed by atoms with Gasteiger partial charge in [-0.2, -0.15) is 13.2 Å². The van der Waals surface area contributed by atoms with E-state index in [2.05, 4.69) is 9.97 Å². The Kier molecular flexibility index (Phi) is 5.66. The molecule has 2 aliphatic heterocycles. The fraction of sp³-hybridized carbons (Fsp3) is 0.440. The molecule has 10 heteroatoms. The average Bonchev–Trinajstić information content (AvgIpc) is 3.42. The summed E-state index contributed by atoms with van der Waals surface area (Å²) in [6.07, 6.45) is -3.60. The van der Waals surface area contributed by atoms with E-state index in [0.29, 0.717) is 65.4 Å². The number of ether oxygens (including phenoxy) is 3. The fourth-order valence-corrected chi connectivity index (χ4v) is 4.96. The molecule has 7 nitrogen and oxygen atoms in total. The Labute approximate surface area is 200 Å². The van der Waals surface area contributed by atoms with Gasteiger partial charge in [0.1, 0.15) is 23.9 Å². The first-order chi connectivity index (χ1) is 16.5. The van der Waals surface area contributed by atoms with Crippen molar-refractivity contribution in [3.8, 4) is 11.5 Å². The van der Waals surface area contributed by atoms with Gasteiger partial charge in [-0.05, 0) is 37.6 Å². The molecule has 0 radical (unpaired) electrons. The summed E-state index contributed by atoms with van der Waals surface area (Å²) in [4.78, 5) is 9.04. The fourth-order valence-electron chi connectivity index (χ4n) is 4.96. The molecule has 5 rings (SSSR count). The highest BCUT2D eigenvalue weighted by atomic mass is 19.4. The Hall–Kier alpha value is -3.27. The second-order valence-electron chi connectivity index (χ2n) is 9.27. The molecule has 3 aromatic rings. The van der Waals surface area contributed by atoms with Crippen molar-refractivity contribution in [3.05, 3.63) is 46.3 Å². The maximum Gasteiger partial charge on any atom is 0.416 e. The standard InChI is InChI=1S/C25H27F3N4O3/c1-11-6-18-21-20(24(30)32-13(3)31-21)19(23(22(18)34-11)35-17-4-5-33-10-17)12(2)14-7-15(25(26,27)28)9-16(29)8-14/h7-9,11-12,17H,4-6,10,29H2,1-3H3,(H2,30,31,32)/t11?,12-,17+/m1/s1. The highest BCUT2D eigenvalue weighted by Gasteiger charge is 2.36. The average molecular weight is 489 g/mol. The summed E-state index contributed by atoms with van der Waals surface area (Å²) < 4.78 is 58.9. The van der Waals surface area contributed by atoms with Crippen molar-refractivity contribution in [2.75, 3.05) is 24.7 Å². The molecule has 186 valence electrons. The van der Waals surface area contributed by atoms with E-state index < -0.39 is 17.7 Å². The van der Waals surface area contributed by atoms with Crippen molar-refractivity contribution in [2.24, 2.45) is 0 Å². The molecule has 1 unspecified atom stereocenters. The summed E-state index contributed by atoms with van der Waals surface area (Å²) in [6, 6.07) is 3.57. The summed E-state index contributed by atoms with van der Waals surface area (Å²) in [6.45, 7) is 6.47. The van der Waals surface area contributed by atoms with E-state index in [4.69, 9.17) is 25.7 Å². The topological polar surface area (TPSA) is 106 Å². The second-order valence-corrected chi connectivity index (χ2v) is 9.27. The molecule has 0 amide bonds. The van der Waals surface area contributed by atoms with Crippen molar-refractivity contribution >= 4 is 22.4 Å². The van der Waals surface area contributed by atoms with E-state index >= 15 is 0 Å². The number of hydrogen-bond donors (Lipinski definition) is 2. The SMILES string of the molecule is Cc1nc(N)c2c([C@H](C)c3cc(N)cc(C(F)(F)F)c3)c(O[C@H]3CCOC3)c3c(c2n1)CC(C)O3. The van der Waals surface area contributed by atoms with Crippen LogP contribution in [-0.4, -0.2) is 35.4 Å². The molecule has 0 spiro atoms. The smallest absolute Gasteiger partial charge is 0.416 e. The van der Waals surface area contributed by atoms with Crippen LogP contribution in [0.1, 0.15) is 54.3 Å². The normalized spacial score (nSPS) is 20.6. The number of halogens is 3. The number of nitrogens with two attached hydrogens (primary N) is 2. The number of alkyl halides is 3. The van der Waals surface area contributed by atoms with Crippen LogP contribution in [0, 0.1) is 6.92 Å². The van der Waals surface area contributed by atoms with Crippen LogP contribution in [0.25, 0.3) is 10.9 Å². The summed E-state index contributed by atoms with van der Waals surface area (Å²) in [5, 5.41) is 0.560. The van der Waals surface area contributed by atoms with E-state index in [1.165, 1.54) is 6.07 Å². The van der Waals surface area contributed by atoms with Gasteiger partial charge < -0.3 is 25.7 Å². The van der Waals surface area contributed by atoms with Gasteiger partial charge >= 0.3 is 6.18 Å². The number of aromatic nitrogens is 2. The van der Waals surface area contributed by atoms with E-state index in [1.807, 2.05) is 6.92 Å². The Bertz CT molecular complexity index is 1310. The largest absolute Gasteiger partial charge is 0.486 e. The van der Waals surface area contributed by atoms with Crippen LogP contribution in [0.3, 0.4) is 0 Å². The zero-order chi connectivity index (χ0) is 25.1. The number of aryl methyl sites for hydroxylation is 1. The van der Waals surface area contributed by atoms with Crippen LogP contribution in [0.4, 0.5) is 24.7 Å². The lowest BCUT2D eigenvalue weighted by atomic mass is 9.86. The summed E-state index contributed by atoms with van der Waals surface area (Å²) >= 11 is 0. The van der Waals surface area contributed by atoms with Crippen molar-refractivity contribution in [1.82, 2.24) is 9.97 Å². The summed E-state index contributed by atoms with van der Waals surface area (Å²) in [5.74, 6) is 1.16. The molecule has 35 heavy (non-hydrogen) atoms. The van der Waals surface area contributed by atoms with Crippen LogP contribution >= 0.6 is 0 Å². The second kappa shape index (κ2) is 8.44. The Balaban J connectivity index is 1.80. The van der Waals surface area contributed by atoms with Gasteiger partial charge in [0.05, 0.1) is 29.7 Å². The van der Waals surface area contributed by atoms with Gasteiger partial charge in [0.2, 0.25) is 0 Å². The lowest BCUT2D eigenvalue weighted by Crippen LogP contribution is -2.19. The zero-order valence-corrected chi connectivity index (χ0v) is 19.7. The number of fused-ring (bicyclic) bond motifs is 3. The molecule has 2 aromatic carbocycles. The number of anilines is 2. The predicted octanol–water partition coefficient (Wildman–Crippen LogP) is 4.76. The van der Waals surface area contributed by atoms with Gasteiger partial charge in [-0.15, -0.1) is 0 Å². The number of rotatable bonds is 4. The van der Waals surface area contributed by atoms with Crippen LogP contribution in [0.15, 0.2) is 18.2 Å². The van der Waals surface area contributed by atoms with Gasteiger partial charge in [-0.1, -0.05) is 6.92 Å². The van der Waals surface area contributed by atoms with Crippen LogP contribution in [-0.2, 0) is 17.3 Å². The minimum absolute atomic E-state index is 0.0174. The van der Waals surface area contributed by atoms with Crippen molar-refractivity contribution < 1.29 is 27.4 Å². The van der Waals surface area contributed by atoms with Gasteiger partial charge in [-0.3, -0.25) is 0 Å². The third kappa shape index (κ3) is 4.20. The monoisotopic (exact) mass is 488 g/mol. The van der Waals surface area contributed by atoms with Gasteiger partial charge in [0.25, 0.3) is 0 Å². The van der Waals surface area contributed by atoms with Gasteiger partial charge in [0, 0.05) is 35.6 Å². The molecule has 0 bridgehead atoms. The molecule has 1 aromatic heterocycles. The van der Waals surface area contributed by atoms with Crippen LogP contribution < -0.4 is 20.9 Å². The molecule has 0 aliphatic carbocycles. The number of benzene rings is 2. The molecular weight excluding hydrogens is 461 g/mol. The number of nitrogen functional groups attached to an aromatic ring is 2. The summed E-state index contributed by atoms with van der Waals surface area (Å²) in [5.41, 5.74) is 14.0. The van der Waals surface area contributed by atoms with Crippen molar-refractivity contribution in [2.45, 2.75) is 57.9 Å². The first kappa shape index (κ1) is 23.5. The highest BCUT2D eigenvalue weighted by Crippen LogP contribution is 2.51. The van der Waals surface area contributed by atoms with Crippen molar-refractivity contribution in [3.63, 3.8) is 0 Å². The third-order valence-corrected chi connectivity index (χ3v) is 6.55. The minimum atomic E-state index is -4.54. The first-order valence-electron chi connectivity index (χ1n) is 11.5. The lowest BCUT2D eigenvalue weighted by Gasteiger charge is -2.25. The molecule has 0 saturated carbocycles. The Morgan fingerprint density at radius 3 is 2.63 bits per heavy atom. The zero-order valence-electron chi connectivity index (χ0n) is 19.7. The Morgan fingerprint density at radius 1 is 1.17 bits per heavy atom. The van der Waals surface area contributed by atoms with E-state index in [0.717, 1.165) is 17.7 Å². The third-order valence-electron chi connectivity index (χ3n) is 6.55. The maximum absolute atomic E-state index is 13.6. The maximum atomic E-state index is 13.6. The predicted molar refractivity (Wildman–Crippen MR) is 126 cm³/mol. The van der Waals surface area contributed by atoms with Gasteiger partial charge in [-0.25, -0.2) is 9.97 Å². The number of nitrogens with zero attached hydrogens (tertiary/aromatic N) is 2. The highest BCUT2D eigenvalue weighted by molar-refractivity contribution is 5.98. The van der Waals surface area contributed by atoms with Crippen LogP contribution in [0.5, 0.6) is 11.5 Å². The van der Waals surface area contributed by atoms with E-state index in [1.54, 1.807) is 13.8 Å². The van der Waals surface area contributed by atoms with Crippen LogP contribution in [0.2, 0.25) is 0 Å². The Morgan fingerprint density at radius 2 is 1.94 bits per heavy atom. The van der Waals surface area contributed by atoms with E-state index in [-0.39, 0.29) is 23.7 Å². The lowest BCUT2D eigenvalue weighted by molar-refractivity contribution is -0.137. The molecular formula is C25H27F3N4O3. The molecule has 3 atom stereocenters. The molecule has 3 heterocycles. The molecule has 1 saturated heterocycles. The minimum Gasteiger partial charge on any atom is -0.486 e. The van der Waals surface area contributed by atoms with Gasteiger partial charge in [0.15, 0.2) is 11.5 Å². The first-order valence-corrected chi connectivity index (χ1v) is 11.5. The molecule has 2 aliphatic rings. The molecule has 1 fully saturated rings.